The van der Waals surface area contributed by atoms with Crippen LogP contribution in [0.1, 0.15) is 36.1 Å². The number of rotatable bonds is 8. The molecule has 1 heterocycles. The number of anilines is 1. The Kier molecular flexibility index (Phi) is 9.98. The van der Waals surface area contributed by atoms with Gasteiger partial charge in [-0.3, -0.25) is 4.79 Å². The van der Waals surface area contributed by atoms with Gasteiger partial charge in [-0.1, -0.05) is 25.1 Å². The summed E-state index contributed by atoms with van der Waals surface area (Å²) < 4.78 is 57.5. The van der Waals surface area contributed by atoms with E-state index in [0.29, 0.717) is 31.0 Å². The Morgan fingerprint density at radius 2 is 1.60 bits per heavy atom. The lowest BCUT2D eigenvalue weighted by Crippen LogP contribution is -2.27. The van der Waals surface area contributed by atoms with Crippen molar-refractivity contribution >= 4 is 11.9 Å². The molecule has 0 aliphatic carbocycles. The van der Waals surface area contributed by atoms with E-state index < -0.39 is 23.5 Å². The van der Waals surface area contributed by atoms with Gasteiger partial charge < -0.3 is 14.7 Å². The number of carboxylic acid groups (broad SMARTS) is 1. The van der Waals surface area contributed by atoms with Crippen LogP contribution in [-0.2, 0) is 30.4 Å². The summed E-state index contributed by atoms with van der Waals surface area (Å²) in [5.74, 6) is -0.646. The van der Waals surface area contributed by atoms with E-state index in [1.54, 1.807) is 24.5 Å². The van der Waals surface area contributed by atoms with Crippen molar-refractivity contribution in [3.05, 3.63) is 82.9 Å². The van der Waals surface area contributed by atoms with E-state index >= 15 is 0 Å². The number of aliphatic carboxylic acids is 1. The van der Waals surface area contributed by atoms with Gasteiger partial charge in [0.1, 0.15) is 0 Å². The molecule has 0 fully saturated rings. The van der Waals surface area contributed by atoms with Crippen molar-refractivity contribution in [2.24, 2.45) is 0 Å². The topological polar surface area (TPSA) is 75.5 Å². The van der Waals surface area contributed by atoms with Crippen LogP contribution in [0.5, 0.6) is 5.75 Å². The molecule has 3 aromatic rings. The predicted molar refractivity (Wildman–Crippen MR) is 124 cm³/mol. The van der Waals surface area contributed by atoms with Crippen LogP contribution in [0.2, 0.25) is 0 Å². The van der Waals surface area contributed by atoms with E-state index in [4.69, 9.17) is 14.6 Å². The standard InChI is InChI=1S/C23H23F4N3O.C2H4O2/c1-3-16-13-28-22(29-14-16)30(11-10-17-6-9-21(31-2)20(24)12-17)15-18-4-7-19(8-5-18)23(25,26)27;1-2(3)4/h4-9,12-14H,3,10-11,15H2,1-2H3;1H3,(H,3,4). The summed E-state index contributed by atoms with van der Waals surface area (Å²) in [5, 5.41) is 7.42. The smallest absolute Gasteiger partial charge is 0.416 e. The average molecular weight is 494 g/mol. The van der Waals surface area contributed by atoms with Gasteiger partial charge in [0.15, 0.2) is 11.6 Å². The molecular formula is C25H27F4N3O3. The molecule has 0 spiro atoms. The van der Waals surface area contributed by atoms with E-state index in [-0.39, 0.29) is 5.75 Å². The first-order valence-corrected chi connectivity index (χ1v) is 10.8. The van der Waals surface area contributed by atoms with E-state index in [1.165, 1.54) is 25.3 Å². The highest BCUT2D eigenvalue weighted by Gasteiger charge is 2.30. The molecule has 0 saturated carbocycles. The van der Waals surface area contributed by atoms with Gasteiger partial charge in [0.2, 0.25) is 5.95 Å². The number of methoxy groups -OCH3 is 1. The van der Waals surface area contributed by atoms with Crippen LogP contribution in [-0.4, -0.2) is 34.7 Å². The molecule has 0 amide bonds. The molecule has 0 saturated heterocycles. The van der Waals surface area contributed by atoms with Crippen molar-refractivity contribution in [3.63, 3.8) is 0 Å². The van der Waals surface area contributed by atoms with Crippen molar-refractivity contribution in [1.29, 1.82) is 0 Å². The van der Waals surface area contributed by atoms with E-state index in [2.05, 4.69) is 9.97 Å². The van der Waals surface area contributed by atoms with Crippen LogP contribution < -0.4 is 9.64 Å². The third-order valence-electron chi connectivity index (χ3n) is 4.92. The zero-order valence-electron chi connectivity index (χ0n) is 19.6. The first kappa shape index (κ1) is 27.6. The number of carbonyl (C=O) groups is 1. The summed E-state index contributed by atoms with van der Waals surface area (Å²) in [6, 6.07) is 9.78. The van der Waals surface area contributed by atoms with Crippen LogP contribution in [0, 0.1) is 5.82 Å². The van der Waals surface area contributed by atoms with Crippen LogP contribution in [0.25, 0.3) is 0 Å². The lowest BCUT2D eigenvalue weighted by molar-refractivity contribution is -0.137. The van der Waals surface area contributed by atoms with Crippen molar-refractivity contribution in [1.82, 2.24) is 9.97 Å². The number of aromatic nitrogens is 2. The molecule has 0 unspecified atom stereocenters. The molecule has 3 rings (SSSR count). The van der Waals surface area contributed by atoms with Crippen LogP contribution >= 0.6 is 0 Å². The number of halogens is 4. The van der Waals surface area contributed by atoms with Crippen LogP contribution in [0.15, 0.2) is 54.9 Å². The molecule has 0 atom stereocenters. The molecule has 6 nitrogen and oxygen atoms in total. The number of ether oxygens (including phenoxy) is 1. The summed E-state index contributed by atoms with van der Waals surface area (Å²) in [5.41, 5.74) is 1.74. The normalized spacial score (nSPS) is 10.8. The lowest BCUT2D eigenvalue weighted by atomic mass is 10.1. The van der Waals surface area contributed by atoms with E-state index in [0.717, 1.165) is 36.6 Å². The molecule has 10 heteroatoms. The van der Waals surface area contributed by atoms with E-state index in [1.807, 2.05) is 11.8 Å². The lowest BCUT2D eigenvalue weighted by Gasteiger charge is -2.23. The summed E-state index contributed by atoms with van der Waals surface area (Å²) in [6.07, 6.45) is 0.380. The van der Waals surface area contributed by atoms with Gasteiger partial charge >= 0.3 is 6.18 Å². The minimum Gasteiger partial charge on any atom is -0.494 e. The molecule has 35 heavy (non-hydrogen) atoms. The molecule has 0 radical (unpaired) electrons. The Morgan fingerprint density at radius 1 is 1.03 bits per heavy atom. The third kappa shape index (κ3) is 8.88. The maximum absolute atomic E-state index is 14.0. The molecule has 1 aromatic heterocycles. The van der Waals surface area contributed by atoms with Gasteiger partial charge in [0.25, 0.3) is 5.97 Å². The second-order valence-corrected chi connectivity index (χ2v) is 7.60. The fraction of sp³-hybridized carbons (Fsp3) is 0.320. The maximum Gasteiger partial charge on any atom is 0.416 e. The van der Waals surface area contributed by atoms with Crippen molar-refractivity contribution in [2.75, 3.05) is 18.6 Å². The summed E-state index contributed by atoms with van der Waals surface area (Å²) in [4.78, 5) is 19.7. The maximum atomic E-state index is 14.0. The number of benzene rings is 2. The van der Waals surface area contributed by atoms with E-state index in [9.17, 15) is 17.6 Å². The first-order chi connectivity index (χ1) is 16.5. The van der Waals surface area contributed by atoms with Gasteiger partial charge in [-0.2, -0.15) is 13.2 Å². The molecule has 0 aliphatic rings. The van der Waals surface area contributed by atoms with Crippen LogP contribution in [0.4, 0.5) is 23.5 Å². The van der Waals surface area contributed by atoms with Crippen molar-refractivity contribution < 1.29 is 32.2 Å². The Balaban J connectivity index is 0.00000100. The van der Waals surface area contributed by atoms with Gasteiger partial charge in [-0.05, 0) is 53.8 Å². The fourth-order valence-electron chi connectivity index (χ4n) is 3.09. The molecule has 0 bridgehead atoms. The summed E-state index contributed by atoms with van der Waals surface area (Å²) in [6.45, 7) is 3.86. The molecule has 1 N–H and O–H groups in total. The molecule has 2 aromatic carbocycles. The largest absolute Gasteiger partial charge is 0.494 e. The minimum absolute atomic E-state index is 0.170. The second-order valence-electron chi connectivity index (χ2n) is 7.60. The van der Waals surface area contributed by atoms with Gasteiger partial charge in [-0.25, -0.2) is 14.4 Å². The molecule has 188 valence electrons. The second kappa shape index (κ2) is 12.7. The minimum atomic E-state index is -4.38. The Hall–Kier alpha value is -3.69. The third-order valence-corrected chi connectivity index (χ3v) is 4.92. The summed E-state index contributed by atoms with van der Waals surface area (Å²) >= 11 is 0. The Bertz CT molecular complexity index is 1080. The monoisotopic (exact) mass is 493 g/mol. The fourth-order valence-corrected chi connectivity index (χ4v) is 3.09. The zero-order chi connectivity index (χ0) is 26.0. The molecular weight excluding hydrogens is 466 g/mol. The summed E-state index contributed by atoms with van der Waals surface area (Å²) in [7, 11) is 1.40. The number of carboxylic acids is 1. The van der Waals surface area contributed by atoms with Crippen molar-refractivity contribution in [2.45, 2.75) is 39.4 Å². The van der Waals surface area contributed by atoms with Gasteiger partial charge in [-0.15, -0.1) is 0 Å². The van der Waals surface area contributed by atoms with Gasteiger partial charge in [0, 0.05) is 32.4 Å². The van der Waals surface area contributed by atoms with Gasteiger partial charge in [0.05, 0.1) is 12.7 Å². The first-order valence-electron chi connectivity index (χ1n) is 10.8. The van der Waals surface area contributed by atoms with Crippen molar-refractivity contribution in [3.8, 4) is 5.75 Å². The average Bonchev–Trinajstić information content (AvgIpc) is 2.81. The Morgan fingerprint density at radius 3 is 2.09 bits per heavy atom. The quantitative estimate of drug-likeness (QED) is 0.415. The molecule has 0 aliphatic heterocycles. The number of hydrogen-bond donors (Lipinski definition) is 1. The zero-order valence-corrected chi connectivity index (χ0v) is 19.6. The Labute approximate surface area is 201 Å². The predicted octanol–water partition coefficient (Wildman–Crippen LogP) is 5.55. The highest BCUT2D eigenvalue weighted by Crippen LogP contribution is 2.29. The number of hydrogen-bond acceptors (Lipinski definition) is 5. The SMILES string of the molecule is CC(=O)O.CCc1cnc(N(CCc2ccc(OC)c(F)c2)Cc2ccc(C(F)(F)F)cc2)nc1. The number of alkyl halides is 3. The van der Waals surface area contributed by atoms with Crippen LogP contribution in [0.3, 0.4) is 0 Å². The number of nitrogens with zero attached hydrogens (tertiary/aromatic N) is 3. The number of aryl methyl sites for hydroxylation is 1. The highest BCUT2D eigenvalue weighted by molar-refractivity contribution is 5.62. The highest BCUT2D eigenvalue weighted by atomic mass is 19.4.